The maximum atomic E-state index is 12.5. The Balaban J connectivity index is 1.47. The van der Waals surface area contributed by atoms with E-state index in [0.717, 1.165) is 0 Å². The van der Waals surface area contributed by atoms with E-state index in [1.54, 1.807) is 30.5 Å². The van der Waals surface area contributed by atoms with Gasteiger partial charge in [0.05, 0.1) is 21.6 Å². The molecule has 0 fully saturated rings. The molecule has 0 amide bonds. The smallest absolute Gasteiger partial charge is 0.240 e. The summed E-state index contributed by atoms with van der Waals surface area (Å²) in [6.45, 7) is 0.810. The predicted octanol–water partition coefficient (Wildman–Crippen LogP) is 2.69. The van der Waals surface area contributed by atoms with Crippen molar-refractivity contribution in [3.05, 3.63) is 65.3 Å². The Morgan fingerprint density at radius 1 is 1.11 bits per heavy atom. The average Bonchev–Trinajstić information content (AvgIpc) is 2.85. The van der Waals surface area contributed by atoms with Gasteiger partial charge in [-0.25, -0.2) is 31.3 Å². The third kappa shape index (κ3) is 6.71. The summed E-state index contributed by atoms with van der Waals surface area (Å²) in [6.07, 6.45) is 2.33. The molecule has 0 spiro atoms. The highest BCUT2D eigenvalue weighted by Crippen LogP contribution is 2.21. The molecule has 4 rings (SSSR count). The van der Waals surface area contributed by atoms with Crippen LogP contribution < -0.4 is 20.1 Å². The van der Waals surface area contributed by atoms with Crippen molar-refractivity contribution in [3.8, 4) is 11.8 Å². The maximum absolute atomic E-state index is 12.5. The number of sulfonamides is 2. The van der Waals surface area contributed by atoms with Crippen LogP contribution in [0.5, 0.6) is 0 Å². The van der Waals surface area contributed by atoms with Gasteiger partial charge in [0, 0.05) is 36.8 Å². The van der Waals surface area contributed by atoms with Crippen LogP contribution in [-0.4, -0.2) is 46.4 Å². The van der Waals surface area contributed by atoms with Crippen molar-refractivity contribution < 1.29 is 16.8 Å². The summed E-state index contributed by atoms with van der Waals surface area (Å²) in [5.41, 5.74) is 1.05. The summed E-state index contributed by atoms with van der Waals surface area (Å²) >= 11 is 5.88. The van der Waals surface area contributed by atoms with E-state index in [4.69, 9.17) is 11.6 Å². The number of rotatable bonds is 4. The third-order valence-corrected chi connectivity index (χ3v) is 8.15. The standard InChI is InChI=1S/C23H23ClN6O4S2/c24-18-7-3-9-20(14-18)35(31,32)27-12-2-1-6-17-16-26-23-29-19-8-4-10-21(15-19)36(33,34)28-13-5-11-25-22(17)30-23/h3-4,7-10,14-16,27-28H,2,5,11-13H2,(H2,25,26,29,30). The van der Waals surface area contributed by atoms with Crippen LogP contribution in [0.2, 0.25) is 5.02 Å². The summed E-state index contributed by atoms with van der Waals surface area (Å²) in [5, 5.41) is 6.51. The van der Waals surface area contributed by atoms with Gasteiger partial charge in [-0.15, -0.1) is 0 Å². The van der Waals surface area contributed by atoms with Crippen LogP contribution in [0.1, 0.15) is 18.4 Å². The Kier molecular flexibility index (Phi) is 8.07. The lowest BCUT2D eigenvalue weighted by Gasteiger charge is -2.10. The molecule has 2 heterocycles. The molecule has 0 unspecified atom stereocenters. The Labute approximate surface area is 215 Å². The summed E-state index contributed by atoms with van der Waals surface area (Å²) in [7, 11) is -7.32. The first-order valence-electron chi connectivity index (χ1n) is 10.9. The second kappa shape index (κ2) is 11.2. The lowest BCUT2D eigenvalue weighted by atomic mass is 10.2. The number of benzene rings is 2. The van der Waals surface area contributed by atoms with Crippen LogP contribution in [0.4, 0.5) is 17.5 Å². The minimum Gasteiger partial charge on any atom is -0.369 e. The lowest BCUT2D eigenvalue weighted by Crippen LogP contribution is -2.26. The van der Waals surface area contributed by atoms with E-state index >= 15 is 0 Å². The van der Waals surface area contributed by atoms with E-state index in [2.05, 4.69) is 41.9 Å². The van der Waals surface area contributed by atoms with E-state index in [-0.39, 0.29) is 35.2 Å². The molecular formula is C23H23ClN6O4S2. The fraction of sp³-hybridized carbons (Fsp3) is 0.217. The first kappa shape index (κ1) is 25.9. The lowest BCUT2D eigenvalue weighted by molar-refractivity contribution is 0.579. The van der Waals surface area contributed by atoms with Crippen LogP contribution in [0, 0.1) is 11.8 Å². The summed E-state index contributed by atoms with van der Waals surface area (Å²) in [6, 6.07) is 12.4. The van der Waals surface area contributed by atoms with Crippen molar-refractivity contribution in [2.75, 3.05) is 30.3 Å². The molecule has 1 aliphatic rings. The van der Waals surface area contributed by atoms with Gasteiger partial charge in [-0.05, 0) is 42.8 Å². The number of hydrogen-bond acceptors (Lipinski definition) is 8. The van der Waals surface area contributed by atoms with Crippen LogP contribution in [-0.2, 0) is 20.0 Å². The van der Waals surface area contributed by atoms with Crippen molar-refractivity contribution in [2.24, 2.45) is 0 Å². The fourth-order valence-electron chi connectivity index (χ4n) is 3.25. The van der Waals surface area contributed by atoms with E-state index in [1.165, 1.54) is 24.3 Å². The zero-order chi connectivity index (χ0) is 25.6. The van der Waals surface area contributed by atoms with Gasteiger partial charge in [0.2, 0.25) is 26.0 Å². The van der Waals surface area contributed by atoms with Crippen LogP contribution >= 0.6 is 11.6 Å². The fourth-order valence-corrected chi connectivity index (χ4v) is 5.70. The van der Waals surface area contributed by atoms with Gasteiger partial charge in [0.25, 0.3) is 0 Å². The number of nitrogens with one attached hydrogen (secondary N) is 4. The molecule has 0 atom stereocenters. The van der Waals surface area contributed by atoms with Crippen molar-refractivity contribution in [2.45, 2.75) is 22.6 Å². The number of halogens is 1. The Hall–Kier alpha value is -3.21. The molecule has 13 heteroatoms. The summed E-state index contributed by atoms with van der Waals surface area (Å²) in [4.78, 5) is 9.00. The van der Waals surface area contributed by atoms with Crippen LogP contribution in [0.25, 0.3) is 0 Å². The topological polar surface area (TPSA) is 142 Å². The molecule has 188 valence electrons. The molecular weight excluding hydrogens is 524 g/mol. The second-order valence-corrected chi connectivity index (χ2v) is 11.7. The van der Waals surface area contributed by atoms with E-state index in [9.17, 15) is 16.8 Å². The van der Waals surface area contributed by atoms with E-state index in [0.29, 0.717) is 35.1 Å². The van der Waals surface area contributed by atoms with Gasteiger partial charge in [-0.3, -0.25) is 0 Å². The van der Waals surface area contributed by atoms with Gasteiger partial charge in [0.15, 0.2) is 0 Å². The molecule has 1 aromatic heterocycles. The molecule has 0 saturated carbocycles. The minimum atomic E-state index is -3.69. The number of hydrogen-bond donors (Lipinski definition) is 4. The quantitative estimate of drug-likeness (QED) is 0.289. The average molecular weight is 547 g/mol. The first-order chi connectivity index (χ1) is 17.2. The molecule has 4 bridgehead atoms. The minimum absolute atomic E-state index is 0.0859. The number of fused-ring (bicyclic) bond motifs is 4. The number of nitrogens with zero attached hydrogens (tertiary/aromatic N) is 2. The molecule has 1 aliphatic heterocycles. The molecule has 3 aromatic rings. The van der Waals surface area contributed by atoms with Gasteiger partial charge in [0.1, 0.15) is 5.82 Å². The molecule has 0 aliphatic carbocycles. The third-order valence-electron chi connectivity index (χ3n) is 5.00. The number of aromatic nitrogens is 2. The Morgan fingerprint density at radius 3 is 2.78 bits per heavy atom. The van der Waals surface area contributed by atoms with E-state index < -0.39 is 20.0 Å². The van der Waals surface area contributed by atoms with E-state index in [1.807, 2.05) is 0 Å². The molecule has 0 radical (unpaired) electrons. The highest BCUT2D eigenvalue weighted by Gasteiger charge is 2.16. The number of anilines is 3. The van der Waals surface area contributed by atoms with Gasteiger partial charge in [-0.2, -0.15) is 4.98 Å². The predicted molar refractivity (Wildman–Crippen MR) is 138 cm³/mol. The zero-order valence-corrected chi connectivity index (χ0v) is 21.3. The summed E-state index contributed by atoms with van der Waals surface area (Å²) in [5.74, 6) is 6.66. The largest absolute Gasteiger partial charge is 0.369 e. The van der Waals surface area contributed by atoms with Crippen LogP contribution in [0.15, 0.2) is 64.5 Å². The Morgan fingerprint density at radius 2 is 1.94 bits per heavy atom. The molecule has 10 nitrogen and oxygen atoms in total. The van der Waals surface area contributed by atoms with Crippen molar-refractivity contribution in [1.82, 2.24) is 19.4 Å². The highest BCUT2D eigenvalue weighted by atomic mass is 35.5. The maximum Gasteiger partial charge on any atom is 0.240 e. The zero-order valence-electron chi connectivity index (χ0n) is 19.0. The normalized spacial score (nSPS) is 15.0. The Bertz CT molecular complexity index is 1540. The SMILES string of the molecule is O=S(=O)(NCCC#Cc1cnc2nc1NCCCNS(=O)(=O)c1cccc(c1)N2)c1cccc(Cl)c1. The first-order valence-corrected chi connectivity index (χ1v) is 14.3. The molecule has 0 saturated heterocycles. The summed E-state index contributed by atoms with van der Waals surface area (Å²) < 4.78 is 54.8. The van der Waals surface area contributed by atoms with Gasteiger partial charge < -0.3 is 10.6 Å². The van der Waals surface area contributed by atoms with Crippen molar-refractivity contribution in [1.29, 1.82) is 0 Å². The van der Waals surface area contributed by atoms with Gasteiger partial charge in [-0.1, -0.05) is 35.6 Å². The van der Waals surface area contributed by atoms with Crippen LogP contribution in [0.3, 0.4) is 0 Å². The second-order valence-electron chi connectivity index (χ2n) is 7.69. The van der Waals surface area contributed by atoms with Crippen molar-refractivity contribution in [3.63, 3.8) is 0 Å². The molecule has 4 N–H and O–H groups in total. The monoisotopic (exact) mass is 546 g/mol. The molecule has 2 aromatic carbocycles. The highest BCUT2D eigenvalue weighted by molar-refractivity contribution is 7.89. The van der Waals surface area contributed by atoms with Gasteiger partial charge >= 0.3 is 0 Å². The molecule has 36 heavy (non-hydrogen) atoms. The van der Waals surface area contributed by atoms with Crippen molar-refractivity contribution >= 4 is 49.1 Å².